The molecular weight excluding hydrogens is 238 g/mol. The molecule has 0 saturated heterocycles. The van der Waals surface area contributed by atoms with Crippen molar-refractivity contribution < 1.29 is 0 Å². The van der Waals surface area contributed by atoms with Crippen molar-refractivity contribution in [1.29, 1.82) is 0 Å². The molecule has 1 aromatic rings. The Bertz CT molecular complexity index is 292. The van der Waals surface area contributed by atoms with Crippen LogP contribution in [0.15, 0.2) is 28.7 Å². The van der Waals surface area contributed by atoms with Crippen molar-refractivity contribution in [2.45, 2.75) is 38.3 Å². The van der Waals surface area contributed by atoms with Crippen molar-refractivity contribution in [2.75, 3.05) is 0 Å². The number of halogens is 1. The third kappa shape index (κ3) is 2.58. The highest BCUT2D eigenvalue weighted by Crippen LogP contribution is 2.20. The number of benzene rings is 1. The lowest BCUT2D eigenvalue weighted by atomic mass is 10.2. The van der Waals surface area contributed by atoms with Crippen molar-refractivity contribution >= 4 is 15.9 Å². The first kappa shape index (κ1) is 10.2. The second kappa shape index (κ2) is 4.94. The van der Waals surface area contributed by atoms with Gasteiger partial charge < -0.3 is 5.32 Å². The molecular formula is C12H16BrN. The molecule has 0 unspecified atom stereocenters. The Hall–Kier alpha value is -0.340. The fraction of sp³-hybridized carbons (Fsp3) is 0.500. The SMILES string of the molecule is Brc1ccccc1CNC1CCCC1. The van der Waals surface area contributed by atoms with Crippen molar-refractivity contribution in [3.63, 3.8) is 0 Å². The summed E-state index contributed by atoms with van der Waals surface area (Å²) in [7, 11) is 0. The van der Waals surface area contributed by atoms with Crippen molar-refractivity contribution in [1.82, 2.24) is 5.32 Å². The van der Waals surface area contributed by atoms with E-state index < -0.39 is 0 Å². The lowest BCUT2D eigenvalue weighted by Crippen LogP contribution is -2.25. The minimum atomic E-state index is 0.752. The highest BCUT2D eigenvalue weighted by Gasteiger charge is 2.13. The molecule has 1 aromatic carbocycles. The third-order valence-corrected chi connectivity index (χ3v) is 3.67. The average Bonchev–Trinajstić information content (AvgIpc) is 2.69. The molecule has 0 radical (unpaired) electrons. The van der Waals surface area contributed by atoms with Crippen LogP contribution in [0.25, 0.3) is 0 Å². The number of nitrogens with one attached hydrogen (secondary N) is 1. The zero-order valence-corrected chi connectivity index (χ0v) is 9.89. The Kier molecular flexibility index (Phi) is 3.60. The number of hydrogen-bond donors (Lipinski definition) is 1. The lowest BCUT2D eigenvalue weighted by molar-refractivity contribution is 0.523. The molecule has 1 N–H and O–H groups in total. The zero-order valence-electron chi connectivity index (χ0n) is 8.30. The van der Waals surface area contributed by atoms with Gasteiger partial charge in [0.25, 0.3) is 0 Å². The van der Waals surface area contributed by atoms with Crippen molar-refractivity contribution in [3.8, 4) is 0 Å². The highest BCUT2D eigenvalue weighted by atomic mass is 79.9. The molecule has 1 fully saturated rings. The molecule has 0 amide bonds. The minimum absolute atomic E-state index is 0.752. The standard InChI is InChI=1S/C12H16BrN/c13-12-8-4-1-5-10(12)9-14-11-6-2-3-7-11/h1,4-5,8,11,14H,2-3,6-7,9H2. The summed E-state index contributed by atoms with van der Waals surface area (Å²) in [6, 6.07) is 9.18. The van der Waals surface area contributed by atoms with Crippen LogP contribution in [-0.2, 0) is 6.54 Å². The van der Waals surface area contributed by atoms with E-state index in [1.54, 1.807) is 0 Å². The second-order valence-corrected chi connectivity index (χ2v) is 4.81. The molecule has 1 aliphatic rings. The minimum Gasteiger partial charge on any atom is -0.310 e. The quantitative estimate of drug-likeness (QED) is 0.870. The van der Waals surface area contributed by atoms with Gasteiger partial charge in [0.15, 0.2) is 0 Å². The first-order chi connectivity index (χ1) is 6.86. The number of hydrogen-bond acceptors (Lipinski definition) is 1. The normalized spacial score (nSPS) is 17.5. The van der Waals surface area contributed by atoms with Gasteiger partial charge in [-0.1, -0.05) is 47.0 Å². The Morgan fingerprint density at radius 3 is 2.64 bits per heavy atom. The van der Waals surface area contributed by atoms with Gasteiger partial charge in [0, 0.05) is 17.1 Å². The first-order valence-electron chi connectivity index (χ1n) is 5.33. The zero-order chi connectivity index (χ0) is 9.80. The fourth-order valence-electron chi connectivity index (χ4n) is 2.03. The van der Waals surface area contributed by atoms with Crippen molar-refractivity contribution in [3.05, 3.63) is 34.3 Å². The summed E-state index contributed by atoms with van der Waals surface area (Å²) in [5, 5.41) is 3.61. The van der Waals surface area contributed by atoms with Gasteiger partial charge >= 0.3 is 0 Å². The van der Waals surface area contributed by atoms with Gasteiger partial charge in [-0.15, -0.1) is 0 Å². The maximum Gasteiger partial charge on any atom is 0.0220 e. The molecule has 0 aliphatic heterocycles. The molecule has 0 heterocycles. The van der Waals surface area contributed by atoms with E-state index in [2.05, 4.69) is 45.5 Å². The summed E-state index contributed by atoms with van der Waals surface area (Å²) in [5.74, 6) is 0. The third-order valence-electron chi connectivity index (χ3n) is 2.89. The maximum atomic E-state index is 3.61. The van der Waals surface area contributed by atoms with Crippen LogP contribution in [-0.4, -0.2) is 6.04 Å². The molecule has 1 saturated carbocycles. The Morgan fingerprint density at radius 2 is 1.93 bits per heavy atom. The fourth-order valence-corrected chi connectivity index (χ4v) is 2.45. The van der Waals surface area contributed by atoms with E-state index in [1.807, 2.05) is 0 Å². The van der Waals surface area contributed by atoms with Gasteiger partial charge in [-0.3, -0.25) is 0 Å². The van der Waals surface area contributed by atoms with Crippen LogP contribution < -0.4 is 5.32 Å². The Labute approximate surface area is 94.0 Å². The summed E-state index contributed by atoms with van der Waals surface area (Å²) in [5.41, 5.74) is 1.36. The van der Waals surface area contributed by atoms with Crippen molar-refractivity contribution in [2.24, 2.45) is 0 Å². The van der Waals surface area contributed by atoms with E-state index >= 15 is 0 Å². The first-order valence-corrected chi connectivity index (χ1v) is 6.12. The largest absolute Gasteiger partial charge is 0.310 e. The van der Waals surface area contributed by atoms with Crippen LogP contribution >= 0.6 is 15.9 Å². The smallest absolute Gasteiger partial charge is 0.0220 e. The highest BCUT2D eigenvalue weighted by molar-refractivity contribution is 9.10. The van der Waals surface area contributed by atoms with E-state index in [0.717, 1.165) is 12.6 Å². The van der Waals surface area contributed by atoms with Gasteiger partial charge in [-0.2, -0.15) is 0 Å². The lowest BCUT2D eigenvalue weighted by Gasteiger charge is -2.12. The van der Waals surface area contributed by atoms with Crippen LogP contribution in [0, 0.1) is 0 Å². The van der Waals surface area contributed by atoms with Crippen LogP contribution in [0.2, 0.25) is 0 Å². The topological polar surface area (TPSA) is 12.0 Å². The summed E-state index contributed by atoms with van der Waals surface area (Å²) < 4.78 is 1.21. The van der Waals surface area contributed by atoms with E-state index in [0.29, 0.717) is 0 Å². The van der Waals surface area contributed by atoms with Crippen LogP contribution in [0.1, 0.15) is 31.2 Å². The monoisotopic (exact) mass is 253 g/mol. The van der Waals surface area contributed by atoms with Gasteiger partial charge in [0.05, 0.1) is 0 Å². The Morgan fingerprint density at radius 1 is 1.21 bits per heavy atom. The maximum absolute atomic E-state index is 3.61. The molecule has 0 atom stereocenters. The Balaban J connectivity index is 1.88. The number of rotatable bonds is 3. The van der Waals surface area contributed by atoms with E-state index in [1.165, 1.54) is 35.7 Å². The van der Waals surface area contributed by atoms with Crippen LogP contribution in [0.3, 0.4) is 0 Å². The molecule has 0 aromatic heterocycles. The summed E-state index contributed by atoms with van der Waals surface area (Å²) in [6.07, 6.45) is 5.50. The van der Waals surface area contributed by atoms with Gasteiger partial charge in [0.1, 0.15) is 0 Å². The van der Waals surface area contributed by atoms with Crippen LogP contribution in [0.4, 0.5) is 0 Å². The van der Waals surface area contributed by atoms with Gasteiger partial charge in [0.2, 0.25) is 0 Å². The van der Waals surface area contributed by atoms with E-state index in [4.69, 9.17) is 0 Å². The molecule has 1 nitrogen and oxygen atoms in total. The van der Waals surface area contributed by atoms with Crippen LogP contribution in [0.5, 0.6) is 0 Å². The predicted molar refractivity (Wildman–Crippen MR) is 63.2 cm³/mol. The molecule has 0 spiro atoms. The summed E-state index contributed by atoms with van der Waals surface area (Å²) >= 11 is 3.57. The van der Waals surface area contributed by atoms with E-state index in [-0.39, 0.29) is 0 Å². The molecule has 2 rings (SSSR count). The molecule has 14 heavy (non-hydrogen) atoms. The molecule has 1 aliphatic carbocycles. The predicted octanol–water partition coefficient (Wildman–Crippen LogP) is 3.48. The van der Waals surface area contributed by atoms with Gasteiger partial charge in [-0.05, 0) is 24.5 Å². The van der Waals surface area contributed by atoms with E-state index in [9.17, 15) is 0 Å². The molecule has 0 bridgehead atoms. The average molecular weight is 254 g/mol. The summed E-state index contributed by atoms with van der Waals surface area (Å²) in [6.45, 7) is 0.992. The molecule has 76 valence electrons. The summed E-state index contributed by atoms with van der Waals surface area (Å²) in [4.78, 5) is 0. The van der Waals surface area contributed by atoms with Gasteiger partial charge in [-0.25, -0.2) is 0 Å². The second-order valence-electron chi connectivity index (χ2n) is 3.95. The molecule has 2 heteroatoms.